The molecular formula is C15H14N2O4. The number of rotatable bonds is 3. The van der Waals surface area contributed by atoms with Gasteiger partial charge in [0, 0.05) is 23.5 Å². The Morgan fingerprint density at radius 3 is 2.86 bits per heavy atom. The van der Waals surface area contributed by atoms with Crippen molar-refractivity contribution in [2.24, 2.45) is 0 Å². The number of nitrogens with zero attached hydrogens (tertiary/aromatic N) is 1. The molecule has 2 aromatic rings. The summed E-state index contributed by atoms with van der Waals surface area (Å²) in [5.41, 5.74) is 1.14. The third kappa shape index (κ3) is 2.74. The van der Waals surface area contributed by atoms with Crippen molar-refractivity contribution in [3.05, 3.63) is 52.4 Å². The highest BCUT2D eigenvalue weighted by Crippen LogP contribution is 2.34. The first-order valence-electron chi connectivity index (χ1n) is 6.49. The number of carbonyl (C=O) groups is 1. The van der Waals surface area contributed by atoms with Gasteiger partial charge in [0.2, 0.25) is 12.7 Å². The third-order valence-corrected chi connectivity index (χ3v) is 3.23. The van der Waals surface area contributed by atoms with Crippen LogP contribution in [0.5, 0.6) is 11.5 Å². The molecule has 0 saturated carbocycles. The first-order chi connectivity index (χ1) is 10.1. The van der Waals surface area contributed by atoms with Crippen LogP contribution in [0.25, 0.3) is 0 Å². The Labute approximate surface area is 120 Å². The normalized spacial score (nSPS) is 12.2. The molecule has 6 nitrogen and oxygen atoms in total. The van der Waals surface area contributed by atoms with Crippen LogP contribution in [0.4, 0.5) is 5.69 Å². The van der Waals surface area contributed by atoms with E-state index in [4.69, 9.17) is 9.47 Å². The summed E-state index contributed by atoms with van der Waals surface area (Å²) in [5, 5.41) is 2.74. The van der Waals surface area contributed by atoms with Gasteiger partial charge in [0.05, 0.1) is 0 Å². The predicted molar refractivity (Wildman–Crippen MR) is 76.6 cm³/mol. The number of fused-ring (bicyclic) bond motifs is 1. The Morgan fingerprint density at radius 2 is 2.05 bits per heavy atom. The van der Waals surface area contributed by atoms with Crippen molar-refractivity contribution in [2.45, 2.75) is 13.5 Å². The van der Waals surface area contributed by atoms with E-state index in [9.17, 15) is 9.59 Å². The van der Waals surface area contributed by atoms with Crippen LogP contribution >= 0.6 is 0 Å². The molecule has 0 fully saturated rings. The van der Waals surface area contributed by atoms with E-state index in [0.29, 0.717) is 17.2 Å². The highest BCUT2D eigenvalue weighted by Gasteiger charge is 2.14. The number of anilines is 1. The number of pyridine rings is 1. The Kier molecular flexibility index (Phi) is 3.35. The molecule has 0 spiro atoms. The standard InChI is InChI=1S/C15H14N2O4/c1-10-3-2-4-15(19)17(10)8-14(18)16-11-5-6-12-13(7-11)21-9-20-12/h2-7H,8-9H2,1H3,(H,16,18). The minimum atomic E-state index is -0.273. The number of ether oxygens (including phenoxy) is 2. The van der Waals surface area contributed by atoms with Gasteiger partial charge < -0.3 is 19.4 Å². The quantitative estimate of drug-likeness (QED) is 0.929. The van der Waals surface area contributed by atoms with Gasteiger partial charge in [-0.1, -0.05) is 6.07 Å². The van der Waals surface area contributed by atoms with Crippen molar-refractivity contribution < 1.29 is 14.3 Å². The van der Waals surface area contributed by atoms with Gasteiger partial charge in [0.1, 0.15) is 6.54 Å². The number of aryl methyl sites for hydroxylation is 1. The van der Waals surface area contributed by atoms with Crippen molar-refractivity contribution in [2.75, 3.05) is 12.1 Å². The molecule has 0 atom stereocenters. The fraction of sp³-hybridized carbons (Fsp3) is 0.200. The lowest BCUT2D eigenvalue weighted by molar-refractivity contribution is -0.116. The molecule has 1 aromatic carbocycles. The maximum atomic E-state index is 12.0. The maximum Gasteiger partial charge on any atom is 0.251 e. The summed E-state index contributed by atoms with van der Waals surface area (Å²) in [6, 6.07) is 10.0. The molecule has 0 unspecified atom stereocenters. The highest BCUT2D eigenvalue weighted by atomic mass is 16.7. The topological polar surface area (TPSA) is 69.6 Å². The van der Waals surface area contributed by atoms with Crippen LogP contribution in [0.3, 0.4) is 0 Å². The number of hydrogen-bond donors (Lipinski definition) is 1. The van der Waals surface area contributed by atoms with Gasteiger partial charge >= 0.3 is 0 Å². The summed E-state index contributed by atoms with van der Waals surface area (Å²) in [7, 11) is 0. The maximum absolute atomic E-state index is 12.0. The summed E-state index contributed by atoms with van der Waals surface area (Å²) < 4.78 is 11.9. The van der Waals surface area contributed by atoms with E-state index in [-0.39, 0.29) is 24.8 Å². The van der Waals surface area contributed by atoms with E-state index in [1.807, 2.05) is 0 Å². The molecule has 1 aliphatic rings. The lowest BCUT2D eigenvalue weighted by Crippen LogP contribution is -2.28. The molecule has 1 N–H and O–H groups in total. The second-order valence-electron chi connectivity index (χ2n) is 4.71. The van der Waals surface area contributed by atoms with Crippen LogP contribution in [0, 0.1) is 6.92 Å². The van der Waals surface area contributed by atoms with Crippen molar-refractivity contribution >= 4 is 11.6 Å². The molecule has 1 aromatic heterocycles. The molecule has 21 heavy (non-hydrogen) atoms. The number of amides is 1. The molecule has 0 bridgehead atoms. The molecule has 1 aliphatic heterocycles. The van der Waals surface area contributed by atoms with Crippen LogP contribution in [-0.2, 0) is 11.3 Å². The third-order valence-electron chi connectivity index (χ3n) is 3.23. The number of aromatic nitrogens is 1. The zero-order valence-corrected chi connectivity index (χ0v) is 11.5. The van der Waals surface area contributed by atoms with Gasteiger partial charge in [-0.05, 0) is 25.1 Å². The Bertz CT molecular complexity index is 752. The molecular weight excluding hydrogens is 272 g/mol. The van der Waals surface area contributed by atoms with Gasteiger partial charge in [0.15, 0.2) is 11.5 Å². The molecule has 2 heterocycles. The number of hydrogen-bond acceptors (Lipinski definition) is 4. The van der Waals surface area contributed by atoms with Crippen molar-refractivity contribution in [1.29, 1.82) is 0 Å². The first kappa shape index (κ1) is 13.2. The Balaban J connectivity index is 1.74. The molecule has 0 saturated heterocycles. The van der Waals surface area contributed by atoms with E-state index in [2.05, 4.69) is 5.32 Å². The van der Waals surface area contributed by atoms with Crippen molar-refractivity contribution in [1.82, 2.24) is 4.57 Å². The second-order valence-corrected chi connectivity index (χ2v) is 4.71. The largest absolute Gasteiger partial charge is 0.454 e. The van der Waals surface area contributed by atoms with E-state index in [1.165, 1.54) is 10.6 Å². The fourth-order valence-electron chi connectivity index (χ4n) is 2.14. The molecule has 0 aliphatic carbocycles. The van der Waals surface area contributed by atoms with E-state index in [1.54, 1.807) is 37.3 Å². The Morgan fingerprint density at radius 1 is 1.24 bits per heavy atom. The second kappa shape index (κ2) is 5.32. The first-order valence-corrected chi connectivity index (χ1v) is 6.49. The molecule has 6 heteroatoms. The fourth-order valence-corrected chi connectivity index (χ4v) is 2.14. The van der Waals surface area contributed by atoms with Crippen LogP contribution in [0.15, 0.2) is 41.2 Å². The van der Waals surface area contributed by atoms with Gasteiger partial charge in [-0.25, -0.2) is 0 Å². The molecule has 3 rings (SSSR count). The van der Waals surface area contributed by atoms with Gasteiger partial charge in [-0.3, -0.25) is 9.59 Å². The predicted octanol–water partition coefficient (Wildman–Crippen LogP) is 1.52. The highest BCUT2D eigenvalue weighted by molar-refractivity contribution is 5.91. The van der Waals surface area contributed by atoms with Crippen molar-refractivity contribution in [3.8, 4) is 11.5 Å². The van der Waals surface area contributed by atoms with Crippen LogP contribution in [0.2, 0.25) is 0 Å². The number of benzene rings is 1. The summed E-state index contributed by atoms with van der Waals surface area (Å²) in [6.45, 7) is 1.94. The van der Waals surface area contributed by atoms with Gasteiger partial charge in [-0.2, -0.15) is 0 Å². The zero-order valence-electron chi connectivity index (χ0n) is 11.5. The molecule has 0 radical (unpaired) electrons. The van der Waals surface area contributed by atoms with Crippen LogP contribution in [-0.4, -0.2) is 17.3 Å². The molecule has 1 amide bonds. The van der Waals surface area contributed by atoms with Gasteiger partial charge in [-0.15, -0.1) is 0 Å². The Hall–Kier alpha value is -2.76. The van der Waals surface area contributed by atoms with Crippen LogP contribution in [0.1, 0.15) is 5.69 Å². The summed E-state index contributed by atoms with van der Waals surface area (Å²) in [6.07, 6.45) is 0. The number of carbonyl (C=O) groups excluding carboxylic acids is 1. The SMILES string of the molecule is Cc1cccc(=O)n1CC(=O)Nc1ccc2c(c1)OCO2. The lowest BCUT2D eigenvalue weighted by atomic mass is 10.2. The monoisotopic (exact) mass is 286 g/mol. The van der Waals surface area contributed by atoms with E-state index >= 15 is 0 Å². The van der Waals surface area contributed by atoms with E-state index in [0.717, 1.165) is 5.69 Å². The summed E-state index contributed by atoms with van der Waals surface area (Å²) in [4.78, 5) is 23.8. The average Bonchev–Trinajstić information content (AvgIpc) is 2.90. The smallest absolute Gasteiger partial charge is 0.251 e. The minimum absolute atomic E-state index is 0.0278. The summed E-state index contributed by atoms with van der Waals surface area (Å²) in [5.74, 6) is 0.981. The number of nitrogens with one attached hydrogen (secondary N) is 1. The zero-order chi connectivity index (χ0) is 14.8. The van der Waals surface area contributed by atoms with Crippen molar-refractivity contribution in [3.63, 3.8) is 0 Å². The average molecular weight is 286 g/mol. The van der Waals surface area contributed by atoms with Crippen LogP contribution < -0.4 is 20.3 Å². The minimum Gasteiger partial charge on any atom is -0.454 e. The lowest BCUT2D eigenvalue weighted by Gasteiger charge is -2.10. The molecule has 108 valence electrons. The van der Waals surface area contributed by atoms with Gasteiger partial charge in [0.25, 0.3) is 5.56 Å². The van der Waals surface area contributed by atoms with E-state index < -0.39 is 0 Å². The summed E-state index contributed by atoms with van der Waals surface area (Å²) >= 11 is 0.